The Labute approximate surface area is 128 Å². The van der Waals surface area contributed by atoms with Gasteiger partial charge in [0.25, 0.3) is 5.91 Å². The van der Waals surface area contributed by atoms with Crippen LogP contribution in [-0.2, 0) is 0 Å². The van der Waals surface area contributed by atoms with E-state index in [1.54, 1.807) is 36.5 Å². The van der Waals surface area contributed by atoms with Gasteiger partial charge >= 0.3 is 0 Å². The summed E-state index contributed by atoms with van der Waals surface area (Å²) in [6, 6.07) is 8.59. The minimum absolute atomic E-state index is 0.303. The molecule has 21 heavy (non-hydrogen) atoms. The minimum atomic E-state index is -0.328. The highest BCUT2D eigenvalue weighted by Gasteiger charge is 2.12. The molecule has 0 fully saturated rings. The molecule has 8 heteroatoms. The van der Waals surface area contributed by atoms with Gasteiger partial charge in [-0.3, -0.25) is 4.79 Å². The normalized spacial score (nSPS) is 10.3. The molecular formula is C13H9BrN6O. The topological polar surface area (TPSA) is 85.6 Å². The Morgan fingerprint density at radius 3 is 2.90 bits per heavy atom. The maximum absolute atomic E-state index is 12.2. The van der Waals surface area contributed by atoms with E-state index >= 15 is 0 Å². The zero-order valence-electron chi connectivity index (χ0n) is 10.6. The van der Waals surface area contributed by atoms with Gasteiger partial charge in [0.2, 0.25) is 0 Å². The highest BCUT2D eigenvalue weighted by atomic mass is 79.9. The van der Waals surface area contributed by atoms with Crippen LogP contribution in [0.1, 0.15) is 10.5 Å². The van der Waals surface area contributed by atoms with Gasteiger partial charge in [0.15, 0.2) is 5.82 Å². The summed E-state index contributed by atoms with van der Waals surface area (Å²) in [5, 5.41) is 6.78. The molecule has 104 valence electrons. The van der Waals surface area contributed by atoms with Gasteiger partial charge in [-0.05, 0) is 40.2 Å². The number of nitrogens with one attached hydrogen (secondary N) is 1. The monoisotopic (exact) mass is 344 g/mol. The molecule has 7 nitrogen and oxygen atoms in total. The number of rotatable bonds is 3. The van der Waals surface area contributed by atoms with Crippen LogP contribution < -0.4 is 5.32 Å². The lowest BCUT2D eigenvalue weighted by Crippen LogP contribution is -2.16. The number of amides is 1. The zero-order chi connectivity index (χ0) is 14.7. The molecule has 3 aromatic rings. The van der Waals surface area contributed by atoms with E-state index in [9.17, 15) is 4.79 Å². The van der Waals surface area contributed by atoms with Gasteiger partial charge in [0.1, 0.15) is 23.0 Å². The van der Waals surface area contributed by atoms with Crippen LogP contribution in [0, 0.1) is 0 Å². The van der Waals surface area contributed by atoms with Crippen LogP contribution in [0.2, 0.25) is 0 Å². The number of carbonyl (C=O) groups excluding carboxylic acids is 1. The molecule has 0 aliphatic rings. The van der Waals surface area contributed by atoms with Crippen molar-refractivity contribution in [3.8, 4) is 5.82 Å². The standard InChI is InChI=1S/C13H9BrN6O/c14-11-5-1-3-10(18-11)13(21)19-9-4-2-6-16-12(9)20-8-15-7-17-20/h1-8H,(H,19,21). The number of nitrogens with zero attached hydrogens (tertiary/aromatic N) is 5. The van der Waals surface area contributed by atoms with Crippen molar-refractivity contribution in [2.75, 3.05) is 5.32 Å². The Kier molecular flexibility index (Phi) is 3.69. The van der Waals surface area contributed by atoms with Crippen LogP contribution in [0.3, 0.4) is 0 Å². The van der Waals surface area contributed by atoms with Crippen LogP contribution in [0.15, 0.2) is 53.8 Å². The van der Waals surface area contributed by atoms with Crippen molar-refractivity contribution in [1.29, 1.82) is 0 Å². The van der Waals surface area contributed by atoms with E-state index < -0.39 is 0 Å². The first kappa shape index (κ1) is 13.4. The van der Waals surface area contributed by atoms with E-state index in [4.69, 9.17) is 0 Å². The van der Waals surface area contributed by atoms with Gasteiger partial charge < -0.3 is 5.32 Å². The maximum Gasteiger partial charge on any atom is 0.274 e. The quantitative estimate of drug-likeness (QED) is 0.735. The van der Waals surface area contributed by atoms with E-state index in [1.807, 2.05) is 0 Å². The molecule has 0 bridgehead atoms. The van der Waals surface area contributed by atoms with Gasteiger partial charge in [0.05, 0.1) is 5.69 Å². The summed E-state index contributed by atoms with van der Waals surface area (Å²) in [6.45, 7) is 0. The number of hydrogen-bond donors (Lipinski definition) is 1. The van der Waals surface area contributed by atoms with Gasteiger partial charge in [-0.25, -0.2) is 19.6 Å². The fourth-order valence-corrected chi connectivity index (χ4v) is 2.06. The molecule has 1 N–H and O–H groups in total. The molecule has 0 unspecified atom stereocenters. The third-order valence-corrected chi connectivity index (χ3v) is 3.06. The van der Waals surface area contributed by atoms with Crippen LogP contribution in [-0.4, -0.2) is 30.6 Å². The van der Waals surface area contributed by atoms with Crippen molar-refractivity contribution in [1.82, 2.24) is 24.7 Å². The van der Waals surface area contributed by atoms with E-state index in [0.29, 0.717) is 21.8 Å². The third kappa shape index (κ3) is 2.95. The lowest BCUT2D eigenvalue weighted by Gasteiger charge is -2.09. The predicted octanol–water partition coefficient (Wildman–Crippen LogP) is 2.07. The zero-order valence-corrected chi connectivity index (χ0v) is 12.2. The summed E-state index contributed by atoms with van der Waals surface area (Å²) >= 11 is 3.24. The number of hydrogen-bond acceptors (Lipinski definition) is 5. The molecule has 3 rings (SSSR count). The van der Waals surface area contributed by atoms with E-state index in [-0.39, 0.29) is 5.91 Å². The average Bonchev–Trinajstić information content (AvgIpc) is 3.02. The SMILES string of the molecule is O=C(Nc1cccnc1-n1cncn1)c1cccc(Br)n1. The Hall–Kier alpha value is -2.61. The summed E-state index contributed by atoms with van der Waals surface area (Å²) in [4.78, 5) is 24.4. The molecule has 0 aliphatic heterocycles. The number of anilines is 1. The van der Waals surface area contributed by atoms with Gasteiger partial charge in [-0.2, -0.15) is 5.10 Å². The summed E-state index contributed by atoms with van der Waals surface area (Å²) in [6.07, 6.45) is 4.52. The maximum atomic E-state index is 12.2. The number of aromatic nitrogens is 5. The van der Waals surface area contributed by atoms with E-state index in [2.05, 4.69) is 41.3 Å². The Morgan fingerprint density at radius 1 is 1.24 bits per heavy atom. The molecule has 0 atom stereocenters. The first-order valence-electron chi connectivity index (χ1n) is 5.98. The first-order chi connectivity index (χ1) is 10.2. The minimum Gasteiger partial charge on any atom is -0.317 e. The highest BCUT2D eigenvalue weighted by Crippen LogP contribution is 2.17. The largest absolute Gasteiger partial charge is 0.317 e. The van der Waals surface area contributed by atoms with Gasteiger partial charge in [-0.1, -0.05) is 6.07 Å². The molecule has 1 amide bonds. The third-order valence-electron chi connectivity index (χ3n) is 2.62. The van der Waals surface area contributed by atoms with Crippen molar-refractivity contribution in [3.63, 3.8) is 0 Å². The Balaban J connectivity index is 1.90. The van der Waals surface area contributed by atoms with Crippen LogP contribution in [0.5, 0.6) is 0 Å². The molecule has 0 spiro atoms. The second-order valence-corrected chi connectivity index (χ2v) is 4.83. The summed E-state index contributed by atoms with van der Waals surface area (Å²) in [7, 11) is 0. The molecule has 0 aromatic carbocycles. The molecule has 3 heterocycles. The lowest BCUT2D eigenvalue weighted by molar-refractivity contribution is 0.102. The van der Waals surface area contributed by atoms with Crippen LogP contribution in [0.25, 0.3) is 5.82 Å². The highest BCUT2D eigenvalue weighted by molar-refractivity contribution is 9.10. The van der Waals surface area contributed by atoms with E-state index in [1.165, 1.54) is 17.3 Å². The smallest absolute Gasteiger partial charge is 0.274 e. The fraction of sp³-hybridized carbons (Fsp3) is 0. The summed E-state index contributed by atoms with van der Waals surface area (Å²) in [5.41, 5.74) is 0.826. The van der Waals surface area contributed by atoms with Gasteiger partial charge in [-0.15, -0.1) is 0 Å². The van der Waals surface area contributed by atoms with Crippen LogP contribution in [0.4, 0.5) is 5.69 Å². The fourth-order valence-electron chi connectivity index (χ4n) is 1.72. The van der Waals surface area contributed by atoms with Crippen LogP contribution >= 0.6 is 15.9 Å². The summed E-state index contributed by atoms with van der Waals surface area (Å²) in [5.74, 6) is 0.156. The first-order valence-corrected chi connectivity index (χ1v) is 6.77. The van der Waals surface area contributed by atoms with Crippen molar-refractivity contribution in [2.24, 2.45) is 0 Å². The van der Waals surface area contributed by atoms with E-state index in [0.717, 1.165) is 0 Å². The predicted molar refractivity (Wildman–Crippen MR) is 79.0 cm³/mol. The van der Waals surface area contributed by atoms with Crippen molar-refractivity contribution in [2.45, 2.75) is 0 Å². The van der Waals surface area contributed by atoms with Crippen molar-refractivity contribution < 1.29 is 4.79 Å². The summed E-state index contributed by atoms with van der Waals surface area (Å²) < 4.78 is 2.07. The average molecular weight is 345 g/mol. The Bertz CT molecular complexity index is 774. The molecular weight excluding hydrogens is 336 g/mol. The Morgan fingerprint density at radius 2 is 2.14 bits per heavy atom. The lowest BCUT2D eigenvalue weighted by atomic mass is 10.3. The van der Waals surface area contributed by atoms with Crippen molar-refractivity contribution in [3.05, 3.63) is 59.5 Å². The second-order valence-electron chi connectivity index (χ2n) is 4.01. The number of halogens is 1. The molecule has 3 aromatic heterocycles. The number of pyridine rings is 2. The molecule has 0 saturated heterocycles. The number of carbonyl (C=O) groups is 1. The van der Waals surface area contributed by atoms with Gasteiger partial charge in [0, 0.05) is 6.20 Å². The molecule has 0 saturated carbocycles. The molecule has 0 aliphatic carbocycles. The van der Waals surface area contributed by atoms with Crippen molar-refractivity contribution >= 4 is 27.5 Å². The molecule has 0 radical (unpaired) electrons. The second kappa shape index (κ2) is 5.80.